The van der Waals surface area contributed by atoms with E-state index >= 15 is 0 Å². The van der Waals surface area contributed by atoms with Gasteiger partial charge in [0.1, 0.15) is 11.9 Å². The summed E-state index contributed by atoms with van der Waals surface area (Å²) in [6.45, 7) is 24.1. The minimum Gasteiger partial charge on any atom is -0.489 e. The minimum absolute atomic E-state index is 0.0910. The Morgan fingerprint density at radius 1 is 0.875 bits per heavy atom. The summed E-state index contributed by atoms with van der Waals surface area (Å²) in [6, 6.07) is 14.8. The summed E-state index contributed by atoms with van der Waals surface area (Å²) < 4.78 is 8.75. The van der Waals surface area contributed by atoms with Crippen LogP contribution in [0.15, 0.2) is 47.4 Å². The van der Waals surface area contributed by atoms with E-state index in [0.29, 0.717) is 35.5 Å². The van der Waals surface area contributed by atoms with Crippen LogP contribution >= 0.6 is 11.9 Å². The van der Waals surface area contributed by atoms with Crippen molar-refractivity contribution in [2.45, 2.75) is 144 Å². The number of carbonyl (C=O) groups is 2. The highest BCUT2D eigenvalue weighted by atomic mass is 32.2. The third kappa shape index (κ3) is 13.8. The van der Waals surface area contributed by atoms with Crippen molar-refractivity contribution in [3.63, 3.8) is 0 Å². The SMILES string of the molecule is CC(C)C.CCC.CCC.CCc1ccc(N(CC(C)C)Sc2ccc3c(c2)C(=O)CC(C2CCN(C(=O)C4CCCC4)CC2)O3)cc1. The zero-order chi connectivity index (χ0) is 35.6. The van der Waals surface area contributed by atoms with Gasteiger partial charge >= 0.3 is 0 Å². The molecule has 0 radical (unpaired) electrons. The van der Waals surface area contributed by atoms with Crippen molar-refractivity contribution in [2.75, 3.05) is 23.9 Å². The maximum absolute atomic E-state index is 13.3. The molecule has 1 saturated carbocycles. The average molecular weight is 681 g/mol. The third-order valence-corrected chi connectivity index (χ3v) is 9.42. The van der Waals surface area contributed by atoms with Gasteiger partial charge in [-0.2, -0.15) is 0 Å². The Hall–Kier alpha value is -2.47. The number of rotatable bonds is 8. The molecule has 48 heavy (non-hydrogen) atoms. The first-order valence-electron chi connectivity index (χ1n) is 19.1. The van der Waals surface area contributed by atoms with Crippen LogP contribution in [0.1, 0.15) is 143 Å². The van der Waals surface area contributed by atoms with Crippen LogP contribution in [0.25, 0.3) is 0 Å². The normalized spacial score (nSPS) is 17.7. The molecule has 1 atom stereocenters. The largest absolute Gasteiger partial charge is 0.489 e. The lowest BCUT2D eigenvalue weighted by Crippen LogP contribution is -2.45. The highest BCUT2D eigenvalue weighted by molar-refractivity contribution is 8.00. The van der Waals surface area contributed by atoms with Gasteiger partial charge in [0.2, 0.25) is 5.91 Å². The van der Waals surface area contributed by atoms with Crippen LogP contribution in [-0.2, 0) is 11.2 Å². The van der Waals surface area contributed by atoms with Gasteiger partial charge < -0.3 is 13.9 Å². The van der Waals surface area contributed by atoms with Crippen LogP contribution < -0.4 is 9.04 Å². The molecule has 2 aliphatic heterocycles. The Labute approximate surface area is 299 Å². The Balaban J connectivity index is 0.000000712. The number of benzene rings is 2. The van der Waals surface area contributed by atoms with Gasteiger partial charge in [0.05, 0.1) is 5.56 Å². The Bertz CT molecular complexity index is 1190. The summed E-state index contributed by atoms with van der Waals surface area (Å²) in [5, 5.41) is 0. The Morgan fingerprint density at radius 3 is 1.96 bits per heavy atom. The van der Waals surface area contributed by atoms with Gasteiger partial charge in [0, 0.05) is 42.6 Å². The summed E-state index contributed by atoms with van der Waals surface area (Å²) in [5.74, 6) is 3.14. The van der Waals surface area contributed by atoms with Crippen LogP contribution in [0.5, 0.6) is 5.75 Å². The molecule has 2 aromatic carbocycles. The smallest absolute Gasteiger partial charge is 0.225 e. The number of aryl methyl sites for hydroxylation is 1. The average Bonchev–Trinajstić information content (AvgIpc) is 3.60. The standard InChI is InChI=1S/C32H42N2O3S.C4H10.2C3H8/c1-4-23-9-11-26(12-10-23)34(21-22(2)3)38-27-13-14-30-28(19-27)29(35)20-31(37-30)24-15-17-33(18-16-24)32(36)25-7-5-6-8-25;1-4(2)3;2*1-3-2/h9-14,19,22,24-25,31H,4-8,15-18,20-21H2,1-3H3;4H,1-3H3;2*3H2,1-2H3. The number of Topliss-reactive ketones (excluding diaryl/α,β-unsaturated/α-hetero) is 1. The van der Waals surface area contributed by atoms with Gasteiger partial charge in [-0.3, -0.25) is 9.59 Å². The van der Waals surface area contributed by atoms with Crippen LogP contribution in [0, 0.1) is 23.7 Å². The van der Waals surface area contributed by atoms with Crippen molar-refractivity contribution in [1.29, 1.82) is 0 Å². The van der Waals surface area contributed by atoms with E-state index in [-0.39, 0.29) is 17.8 Å². The molecule has 0 aromatic heterocycles. The molecular formula is C42H68N2O3S. The number of fused-ring (bicyclic) bond motifs is 1. The van der Waals surface area contributed by atoms with Crippen LogP contribution in [0.2, 0.25) is 0 Å². The molecule has 1 unspecified atom stereocenters. The van der Waals surface area contributed by atoms with Gasteiger partial charge in [-0.15, -0.1) is 0 Å². The Morgan fingerprint density at radius 2 is 1.44 bits per heavy atom. The van der Waals surface area contributed by atoms with Gasteiger partial charge in [-0.05, 0) is 97.7 Å². The van der Waals surface area contributed by atoms with E-state index in [1.54, 1.807) is 11.9 Å². The fourth-order valence-electron chi connectivity index (χ4n) is 6.12. The number of piperidine rings is 1. The van der Waals surface area contributed by atoms with E-state index in [0.717, 1.165) is 62.6 Å². The molecule has 2 fully saturated rings. The van der Waals surface area contributed by atoms with Crippen molar-refractivity contribution in [2.24, 2.45) is 23.7 Å². The highest BCUT2D eigenvalue weighted by Gasteiger charge is 2.36. The molecule has 0 bridgehead atoms. The van der Waals surface area contributed by atoms with Crippen molar-refractivity contribution in [3.8, 4) is 5.75 Å². The van der Waals surface area contributed by atoms with E-state index in [9.17, 15) is 9.59 Å². The zero-order valence-corrected chi connectivity index (χ0v) is 33.0. The highest BCUT2D eigenvalue weighted by Crippen LogP contribution is 2.38. The lowest BCUT2D eigenvalue weighted by Gasteiger charge is -2.38. The van der Waals surface area contributed by atoms with Crippen molar-refractivity contribution >= 4 is 29.3 Å². The summed E-state index contributed by atoms with van der Waals surface area (Å²) in [4.78, 5) is 29.2. The molecule has 6 heteroatoms. The number of hydrogen-bond acceptors (Lipinski definition) is 5. The van der Waals surface area contributed by atoms with Crippen molar-refractivity contribution in [3.05, 3.63) is 53.6 Å². The molecule has 5 rings (SSSR count). The van der Waals surface area contributed by atoms with Crippen LogP contribution in [-0.4, -0.2) is 42.3 Å². The van der Waals surface area contributed by atoms with Crippen molar-refractivity contribution in [1.82, 2.24) is 4.90 Å². The molecule has 1 saturated heterocycles. The van der Waals surface area contributed by atoms with Crippen LogP contribution in [0.3, 0.4) is 0 Å². The van der Waals surface area contributed by atoms with E-state index in [2.05, 4.69) is 109 Å². The maximum Gasteiger partial charge on any atom is 0.225 e. The van der Waals surface area contributed by atoms with Crippen molar-refractivity contribution < 1.29 is 14.3 Å². The molecule has 0 spiro atoms. The topological polar surface area (TPSA) is 49.9 Å². The number of anilines is 1. The van der Waals surface area contributed by atoms with Gasteiger partial charge in [0.25, 0.3) is 0 Å². The first-order valence-corrected chi connectivity index (χ1v) is 19.9. The van der Waals surface area contributed by atoms with Gasteiger partial charge in [-0.1, -0.05) is 107 Å². The number of hydrogen-bond donors (Lipinski definition) is 0. The van der Waals surface area contributed by atoms with Gasteiger partial charge in [0.15, 0.2) is 5.78 Å². The Kier molecular flexibility index (Phi) is 19.4. The second-order valence-corrected chi connectivity index (χ2v) is 15.9. The molecule has 270 valence electrons. The number of likely N-dealkylation sites (tertiary alicyclic amines) is 1. The first-order chi connectivity index (χ1) is 23.0. The first kappa shape index (κ1) is 41.7. The fourth-order valence-corrected chi connectivity index (χ4v) is 7.28. The summed E-state index contributed by atoms with van der Waals surface area (Å²) in [6.07, 6.45) is 10.2. The zero-order valence-electron chi connectivity index (χ0n) is 32.1. The summed E-state index contributed by atoms with van der Waals surface area (Å²) in [5.41, 5.74) is 3.21. The second-order valence-electron chi connectivity index (χ2n) is 14.8. The molecule has 1 amide bonds. The van der Waals surface area contributed by atoms with E-state index < -0.39 is 0 Å². The maximum atomic E-state index is 13.3. The lowest BCUT2D eigenvalue weighted by atomic mass is 9.85. The van der Waals surface area contributed by atoms with Gasteiger partial charge in [-0.25, -0.2) is 0 Å². The number of ether oxygens (including phenoxy) is 1. The molecule has 2 heterocycles. The quantitative estimate of drug-likeness (QED) is 0.260. The lowest BCUT2D eigenvalue weighted by molar-refractivity contribution is -0.137. The number of amides is 1. The van der Waals surface area contributed by atoms with E-state index in [1.165, 1.54) is 36.9 Å². The monoisotopic (exact) mass is 680 g/mol. The molecule has 2 aromatic rings. The van der Waals surface area contributed by atoms with Crippen LogP contribution in [0.4, 0.5) is 5.69 Å². The predicted octanol–water partition coefficient (Wildman–Crippen LogP) is 11.7. The molecule has 1 aliphatic carbocycles. The molecule has 3 aliphatic rings. The third-order valence-electron chi connectivity index (χ3n) is 8.38. The summed E-state index contributed by atoms with van der Waals surface area (Å²) in [7, 11) is 0. The fraction of sp³-hybridized carbons (Fsp3) is 0.667. The number of nitrogens with zero attached hydrogens (tertiary/aromatic N) is 2. The predicted molar refractivity (Wildman–Crippen MR) is 207 cm³/mol. The molecule has 5 nitrogen and oxygen atoms in total. The molecular weight excluding hydrogens is 613 g/mol. The molecule has 0 N–H and O–H groups in total. The number of carbonyl (C=O) groups excluding carboxylic acids is 2. The number of ketones is 1. The summed E-state index contributed by atoms with van der Waals surface area (Å²) >= 11 is 1.69. The minimum atomic E-state index is -0.0910. The second kappa shape index (κ2) is 22.3. The van der Waals surface area contributed by atoms with E-state index in [1.807, 2.05) is 12.1 Å². The van der Waals surface area contributed by atoms with E-state index in [4.69, 9.17) is 4.74 Å².